The molecule has 0 amide bonds. The van der Waals surface area contributed by atoms with Crippen LogP contribution in [0.3, 0.4) is 0 Å². The first-order valence-electron chi connectivity index (χ1n) is 10.9. The van der Waals surface area contributed by atoms with Gasteiger partial charge in [-0.2, -0.15) is 0 Å². The van der Waals surface area contributed by atoms with Gasteiger partial charge in [-0.1, -0.05) is 95.1 Å². The first-order chi connectivity index (χ1) is 14.0. The van der Waals surface area contributed by atoms with Gasteiger partial charge >= 0.3 is 0 Å². The molecule has 0 aliphatic heterocycles. The molecule has 0 bridgehead atoms. The summed E-state index contributed by atoms with van der Waals surface area (Å²) in [4.78, 5) is 0. The fraction of sp³-hybridized carbons (Fsp3) is 0.407. The Bertz CT molecular complexity index is 906. The van der Waals surface area contributed by atoms with Crippen LogP contribution in [0.1, 0.15) is 63.6 Å². The zero-order chi connectivity index (χ0) is 20.7. The Hall–Kier alpha value is -2.32. The quantitative estimate of drug-likeness (QED) is 0.398. The molecule has 0 aromatic heterocycles. The maximum atomic E-state index is 6.16. The zero-order valence-corrected chi connectivity index (χ0v) is 18.4. The molecule has 0 aliphatic rings. The van der Waals surface area contributed by atoms with Gasteiger partial charge in [0.2, 0.25) is 0 Å². The molecule has 3 rings (SSSR count). The van der Waals surface area contributed by atoms with E-state index < -0.39 is 0 Å². The third kappa shape index (κ3) is 5.83. The van der Waals surface area contributed by atoms with Gasteiger partial charge in [0.25, 0.3) is 0 Å². The van der Waals surface area contributed by atoms with Crippen LogP contribution in [0.25, 0.3) is 10.8 Å². The summed E-state index contributed by atoms with van der Waals surface area (Å²) in [6, 6.07) is 21.8. The molecule has 154 valence electrons. The van der Waals surface area contributed by atoms with Crippen molar-refractivity contribution in [2.75, 3.05) is 6.61 Å². The molecule has 1 N–H and O–H groups in total. The maximum Gasteiger partial charge on any atom is 0.124 e. The van der Waals surface area contributed by atoms with Crippen LogP contribution in [0.4, 0.5) is 0 Å². The van der Waals surface area contributed by atoms with Crippen LogP contribution < -0.4 is 10.1 Å². The molecule has 0 saturated heterocycles. The summed E-state index contributed by atoms with van der Waals surface area (Å²) in [5.41, 5.74) is 4.13. The van der Waals surface area contributed by atoms with Crippen LogP contribution in [-0.2, 0) is 18.5 Å². The van der Waals surface area contributed by atoms with Gasteiger partial charge in [-0.25, -0.2) is 0 Å². The van der Waals surface area contributed by atoms with Crippen molar-refractivity contribution in [1.29, 1.82) is 0 Å². The standard InChI is InChI=1S/C27H35NO/c1-5-6-9-18-29-26-17-14-22-10-7-8-11-24(22)25(26)20-28-19-21-12-15-23(16-13-21)27(2,3)4/h7-8,10-17,28H,5-6,9,18-20H2,1-4H3. The molecular weight excluding hydrogens is 354 g/mol. The van der Waals surface area contributed by atoms with Gasteiger partial charge < -0.3 is 10.1 Å². The van der Waals surface area contributed by atoms with Gasteiger partial charge in [0.15, 0.2) is 0 Å². The molecule has 0 saturated carbocycles. The van der Waals surface area contributed by atoms with Crippen LogP contribution in [0, 0.1) is 0 Å². The second kappa shape index (κ2) is 9.93. The van der Waals surface area contributed by atoms with Gasteiger partial charge in [0.05, 0.1) is 6.61 Å². The number of rotatable bonds is 9. The van der Waals surface area contributed by atoms with Gasteiger partial charge in [-0.15, -0.1) is 0 Å². The average molecular weight is 390 g/mol. The number of fused-ring (bicyclic) bond motifs is 1. The summed E-state index contributed by atoms with van der Waals surface area (Å²) >= 11 is 0. The molecule has 2 heteroatoms. The minimum atomic E-state index is 0.193. The molecule has 2 nitrogen and oxygen atoms in total. The number of benzene rings is 3. The highest BCUT2D eigenvalue weighted by molar-refractivity contribution is 5.87. The van der Waals surface area contributed by atoms with E-state index in [-0.39, 0.29) is 5.41 Å². The van der Waals surface area contributed by atoms with Crippen molar-refractivity contribution in [2.24, 2.45) is 0 Å². The molecule has 0 aliphatic carbocycles. The van der Waals surface area contributed by atoms with Crippen molar-refractivity contribution in [3.05, 3.63) is 77.4 Å². The van der Waals surface area contributed by atoms with E-state index in [1.54, 1.807) is 0 Å². The maximum absolute atomic E-state index is 6.16. The topological polar surface area (TPSA) is 21.3 Å². The van der Waals surface area contributed by atoms with Crippen LogP contribution in [-0.4, -0.2) is 6.61 Å². The lowest BCUT2D eigenvalue weighted by Gasteiger charge is -2.19. The van der Waals surface area contributed by atoms with Crippen LogP contribution in [0.2, 0.25) is 0 Å². The van der Waals surface area contributed by atoms with E-state index in [0.717, 1.165) is 31.9 Å². The van der Waals surface area contributed by atoms with E-state index in [2.05, 4.69) is 93.7 Å². The largest absolute Gasteiger partial charge is 0.493 e. The zero-order valence-electron chi connectivity index (χ0n) is 18.4. The predicted molar refractivity (Wildman–Crippen MR) is 125 cm³/mol. The Labute approximate surface area is 176 Å². The number of unbranched alkanes of at least 4 members (excludes halogenated alkanes) is 2. The van der Waals surface area contributed by atoms with E-state index in [4.69, 9.17) is 4.74 Å². The number of hydrogen-bond acceptors (Lipinski definition) is 2. The number of nitrogens with one attached hydrogen (secondary N) is 1. The summed E-state index contributed by atoms with van der Waals surface area (Å²) in [7, 11) is 0. The Kier molecular flexibility index (Phi) is 7.33. The predicted octanol–water partition coefficient (Wildman–Crippen LogP) is 7.00. The van der Waals surface area contributed by atoms with Crippen LogP contribution in [0.15, 0.2) is 60.7 Å². The molecule has 0 spiro atoms. The number of hydrogen-bond donors (Lipinski definition) is 1. The summed E-state index contributed by atoms with van der Waals surface area (Å²) in [6.45, 7) is 11.4. The van der Waals surface area contributed by atoms with Crippen molar-refractivity contribution in [3.8, 4) is 5.75 Å². The lowest BCUT2D eigenvalue weighted by atomic mass is 9.87. The molecule has 29 heavy (non-hydrogen) atoms. The minimum absolute atomic E-state index is 0.193. The van der Waals surface area contributed by atoms with Gasteiger partial charge in [-0.05, 0) is 39.8 Å². The fourth-order valence-corrected chi connectivity index (χ4v) is 3.62. The highest BCUT2D eigenvalue weighted by Gasteiger charge is 2.13. The summed E-state index contributed by atoms with van der Waals surface area (Å²) in [5.74, 6) is 1.01. The Morgan fingerprint density at radius 1 is 0.828 bits per heavy atom. The van der Waals surface area contributed by atoms with Crippen molar-refractivity contribution >= 4 is 10.8 Å². The third-order valence-corrected chi connectivity index (χ3v) is 5.45. The second-order valence-electron chi connectivity index (χ2n) is 8.87. The van der Waals surface area contributed by atoms with Gasteiger partial charge in [0.1, 0.15) is 5.75 Å². The molecule has 3 aromatic rings. The lowest BCUT2D eigenvalue weighted by molar-refractivity contribution is 0.303. The molecule has 0 unspecified atom stereocenters. The van der Waals surface area contributed by atoms with E-state index in [1.807, 2.05) is 0 Å². The van der Waals surface area contributed by atoms with Gasteiger partial charge in [0, 0.05) is 18.7 Å². The lowest BCUT2D eigenvalue weighted by Crippen LogP contribution is -2.15. The Morgan fingerprint density at radius 2 is 1.59 bits per heavy atom. The van der Waals surface area contributed by atoms with Crippen molar-refractivity contribution < 1.29 is 4.74 Å². The first kappa shape index (κ1) is 21.4. The highest BCUT2D eigenvalue weighted by atomic mass is 16.5. The normalized spacial score (nSPS) is 11.7. The van der Waals surface area contributed by atoms with Crippen LogP contribution >= 0.6 is 0 Å². The average Bonchev–Trinajstić information content (AvgIpc) is 2.72. The Morgan fingerprint density at radius 3 is 2.31 bits per heavy atom. The number of ether oxygens (including phenoxy) is 1. The third-order valence-electron chi connectivity index (χ3n) is 5.45. The van der Waals surface area contributed by atoms with E-state index in [9.17, 15) is 0 Å². The molecule has 0 fully saturated rings. The SMILES string of the molecule is CCCCCOc1ccc2ccccc2c1CNCc1ccc(C(C)(C)C)cc1. The van der Waals surface area contributed by atoms with Crippen LogP contribution in [0.5, 0.6) is 5.75 Å². The molecule has 3 aromatic carbocycles. The van der Waals surface area contributed by atoms with E-state index in [1.165, 1.54) is 40.3 Å². The van der Waals surface area contributed by atoms with E-state index >= 15 is 0 Å². The van der Waals surface area contributed by atoms with Gasteiger partial charge in [-0.3, -0.25) is 0 Å². The smallest absolute Gasteiger partial charge is 0.124 e. The van der Waals surface area contributed by atoms with Crippen molar-refractivity contribution in [1.82, 2.24) is 5.32 Å². The summed E-state index contributed by atoms with van der Waals surface area (Å²) in [5, 5.41) is 6.17. The Balaban J connectivity index is 1.70. The van der Waals surface area contributed by atoms with Crippen molar-refractivity contribution in [2.45, 2.75) is 65.5 Å². The summed E-state index contributed by atoms with van der Waals surface area (Å²) in [6.07, 6.45) is 3.53. The van der Waals surface area contributed by atoms with Crippen molar-refractivity contribution in [3.63, 3.8) is 0 Å². The first-order valence-corrected chi connectivity index (χ1v) is 10.9. The molecular formula is C27H35NO. The molecule has 0 atom stereocenters. The second-order valence-corrected chi connectivity index (χ2v) is 8.87. The summed E-state index contributed by atoms with van der Waals surface area (Å²) < 4.78 is 6.16. The minimum Gasteiger partial charge on any atom is -0.493 e. The highest BCUT2D eigenvalue weighted by Crippen LogP contribution is 2.28. The fourth-order valence-electron chi connectivity index (χ4n) is 3.62. The monoisotopic (exact) mass is 389 g/mol. The van der Waals surface area contributed by atoms with E-state index in [0.29, 0.717) is 0 Å². The molecule has 0 radical (unpaired) electrons. The molecule has 0 heterocycles.